The van der Waals surface area contributed by atoms with Gasteiger partial charge in [0.05, 0.1) is 0 Å². The molecule has 1 unspecified atom stereocenters. The summed E-state index contributed by atoms with van der Waals surface area (Å²) in [6.07, 6.45) is 3.70. The van der Waals surface area contributed by atoms with Gasteiger partial charge in [0.15, 0.2) is 8.68 Å². The lowest BCUT2D eigenvalue weighted by Gasteiger charge is -2.07. The van der Waals surface area contributed by atoms with Crippen molar-refractivity contribution in [2.75, 3.05) is 5.75 Å². The van der Waals surface area contributed by atoms with Crippen LogP contribution in [0.5, 0.6) is 0 Å². The Bertz CT molecular complexity index is 458. The quantitative estimate of drug-likeness (QED) is 0.778. The number of hydrogen-bond acceptors (Lipinski definition) is 6. The van der Waals surface area contributed by atoms with Crippen molar-refractivity contribution in [2.24, 2.45) is 0 Å². The van der Waals surface area contributed by atoms with E-state index < -0.39 is 0 Å². The van der Waals surface area contributed by atoms with Crippen LogP contribution in [0.4, 0.5) is 0 Å². The molecule has 0 aliphatic rings. The average molecular weight is 283 g/mol. The van der Waals surface area contributed by atoms with Crippen molar-refractivity contribution in [3.63, 3.8) is 0 Å². The van der Waals surface area contributed by atoms with Crippen LogP contribution in [0.2, 0.25) is 0 Å². The van der Waals surface area contributed by atoms with E-state index in [1.54, 1.807) is 41.1 Å². The van der Waals surface area contributed by atoms with Crippen LogP contribution in [0.15, 0.2) is 33.2 Å². The number of hydrogen-bond donors (Lipinski definition) is 0. The Hall–Kier alpha value is -0.590. The van der Waals surface area contributed by atoms with Crippen molar-refractivity contribution in [3.05, 3.63) is 30.1 Å². The van der Waals surface area contributed by atoms with Crippen molar-refractivity contribution in [1.29, 1.82) is 0 Å². The monoisotopic (exact) mass is 283 g/mol. The number of rotatable bonds is 5. The summed E-state index contributed by atoms with van der Waals surface area (Å²) in [4.78, 5) is 4.13. The van der Waals surface area contributed by atoms with Gasteiger partial charge in [-0.1, -0.05) is 47.9 Å². The third-order valence-corrected chi connectivity index (χ3v) is 5.27. The minimum absolute atomic E-state index is 0.358. The molecule has 0 N–H and O–H groups in total. The van der Waals surface area contributed by atoms with Gasteiger partial charge in [-0.3, -0.25) is 4.98 Å². The van der Waals surface area contributed by atoms with Gasteiger partial charge in [0, 0.05) is 17.6 Å². The van der Waals surface area contributed by atoms with Crippen molar-refractivity contribution in [2.45, 2.75) is 27.8 Å². The van der Waals surface area contributed by atoms with Gasteiger partial charge in [0.1, 0.15) is 0 Å². The molecule has 6 heteroatoms. The lowest BCUT2D eigenvalue weighted by molar-refractivity contribution is 0.949. The van der Waals surface area contributed by atoms with E-state index in [-0.39, 0.29) is 0 Å². The Morgan fingerprint density at radius 3 is 2.88 bits per heavy atom. The van der Waals surface area contributed by atoms with Gasteiger partial charge in [0.2, 0.25) is 0 Å². The Morgan fingerprint density at radius 2 is 2.18 bits per heavy atom. The Labute approximate surface area is 113 Å². The minimum Gasteiger partial charge on any atom is -0.264 e. The molecule has 0 aliphatic heterocycles. The molecule has 2 aromatic rings. The molecule has 0 aromatic carbocycles. The van der Waals surface area contributed by atoms with Crippen molar-refractivity contribution >= 4 is 34.9 Å². The van der Waals surface area contributed by atoms with Crippen LogP contribution >= 0.6 is 34.9 Å². The maximum Gasteiger partial charge on any atom is 0.175 e. The van der Waals surface area contributed by atoms with E-state index in [0.29, 0.717) is 5.25 Å². The SMILES string of the molecule is CCSc1nnc(SC(C)c2cccnc2)s1. The zero-order valence-electron chi connectivity index (χ0n) is 9.66. The third kappa shape index (κ3) is 3.69. The smallest absolute Gasteiger partial charge is 0.175 e. The molecular formula is C11H13N3S3. The predicted molar refractivity (Wildman–Crippen MR) is 74.8 cm³/mol. The average Bonchev–Trinajstić information content (AvgIpc) is 2.78. The molecule has 0 saturated heterocycles. The summed E-state index contributed by atoms with van der Waals surface area (Å²) < 4.78 is 2.07. The van der Waals surface area contributed by atoms with Gasteiger partial charge in [-0.2, -0.15) is 0 Å². The second kappa shape index (κ2) is 6.37. The highest BCUT2D eigenvalue weighted by Gasteiger charge is 2.11. The highest BCUT2D eigenvalue weighted by molar-refractivity contribution is 8.03. The third-order valence-electron chi connectivity index (χ3n) is 2.09. The van der Waals surface area contributed by atoms with Crippen molar-refractivity contribution in [1.82, 2.24) is 15.2 Å². The lowest BCUT2D eigenvalue weighted by Crippen LogP contribution is -1.88. The molecule has 2 rings (SSSR count). The van der Waals surface area contributed by atoms with Gasteiger partial charge in [-0.05, 0) is 24.3 Å². The summed E-state index contributed by atoms with van der Waals surface area (Å²) in [6, 6.07) is 4.05. The molecule has 0 bridgehead atoms. The van der Waals surface area contributed by atoms with Gasteiger partial charge >= 0.3 is 0 Å². The first kappa shape index (κ1) is 12.9. The first-order valence-electron chi connectivity index (χ1n) is 5.32. The fourth-order valence-electron chi connectivity index (χ4n) is 1.26. The van der Waals surface area contributed by atoms with Crippen molar-refractivity contribution < 1.29 is 0 Å². The molecule has 0 amide bonds. The van der Waals surface area contributed by atoms with Crippen LogP contribution in [0.1, 0.15) is 24.7 Å². The zero-order chi connectivity index (χ0) is 12.1. The largest absolute Gasteiger partial charge is 0.264 e. The highest BCUT2D eigenvalue weighted by atomic mass is 32.2. The summed E-state index contributed by atoms with van der Waals surface area (Å²) in [7, 11) is 0. The number of thioether (sulfide) groups is 2. The van der Waals surface area contributed by atoms with Crippen molar-refractivity contribution in [3.8, 4) is 0 Å². The molecule has 1 atom stereocenters. The number of pyridine rings is 1. The molecule has 0 radical (unpaired) electrons. The van der Waals surface area contributed by atoms with Gasteiger partial charge in [-0.15, -0.1) is 10.2 Å². The predicted octanol–water partition coefficient (Wildman–Crippen LogP) is 3.90. The van der Waals surface area contributed by atoms with Gasteiger partial charge in [-0.25, -0.2) is 0 Å². The lowest BCUT2D eigenvalue weighted by atomic mass is 10.2. The Balaban J connectivity index is 2.00. The molecule has 0 aliphatic carbocycles. The molecule has 2 aromatic heterocycles. The first-order chi connectivity index (χ1) is 8.29. The molecule has 2 heterocycles. The molecule has 0 spiro atoms. The molecule has 17 heavy (non-hydrogen) atoms. The summed E-state index contributed by atoms with van der Waals surface area (Å²) in [6.45, 7) is 4.28. The molecular weight excluding hydrogens is 270 g/mol. The van der Waals surface area contributed by atoms with Crippen LogP contribution in [0.25, 0.3) is 0 Å². The maximum absolute atomic E-state index is 4.19. The van der Waals surface area contributed by atoms with E-state index in [0.717, 1.165) is 14.4 Å². The molecule has 0 fully saturated rings. The zero-order valence-corrected chi connectivity index (χ0v) is 12.1. The first-order valence-corrected chi connectivity index (χ1v) is 8.00. The second-order valence-electron chi connectivity index (χ2n) is 3.31. The highest BCUT2D eigenvalue weighted by Crippen LogP contribution is 2.37. The van der Waals surface area contributed by atoms with E-state index in [1.807, 2.05) is 12.3 Å². The summed E-state index contributed by atoms with van der Waals surface area (Å²) in [5.41, 5.74) is 1.22. The number of nitrogens with zero attached hydrogens (tertiary/aromatic N) is 3. The van der Waals surface area contributed by atoms with E-state index >= 15 is 0 Å². The fraction of sp³-hybridized carbons (Fsp3) is 0.364. The Kier molecular flexibility index (Phi) is 4.82. The Morgan fingerprint density at radius 1 is 1.35 bits per heavy atom. The summed E-state index contributed by atoms with van der Waals surface area (Å²) in [5.74, 6) is 1.04. The summed E-state index contributed by atoms with van der Waals surface area (Å²) in [5, 5.41) is 8.70. The normalized spacial score (nSPS) is 12.6. The van der Waals surface area contributed by atoms with Crippen LogP contribution < -0.4 is 0 Å². The topological polar surface area (TPSA) is 38.7 Å². The van der Waals surface area contributed by atoms with Crippen LogP contribution in [-0.2, 0) is 0 Å². The van der Waals surface area contributed by atoms with Gasteiger partial charge in [0.25, 0.3) is 0 Å². The summed E-state index contributed by atoms with van der Waals surface area (Å²) >= 11 is 5.14. The van der Waals surface area contributed by atoms with E-state index in [9.17, 15) is 0 Å². The van der Waals surface area contributed by atoms with E-state index in [1.165, 1.54) is 5.56 Å². The minimum atomic E-state index is 0.358. The van der Waals surface area contributed by atoms with Crippen LogP contribution in [0.3, 0.4) is 0 Å². The van der Waals surface area contributed by atoms with E-state index in [4.69, 9.17) is 0 Å². The second-order valence-corrected chi connectivity index (χ2v) is 7.39. The fourth-order valence-corrected chi connectivity index (χ4v) is 4.43. The van der Waals surface area contributed by atoms with Crippen LogP contribution in [0, 0.1) is 0 Å². The van der Waals surface area contributed by atoms with Gasteiger partial charge < -0.3 is 0 Å². The maximum atomic E-state index is 4.19. The molecule has 3 nitrogen and oxygen atoms in total. The molecule has 0 saturated carbocycles. The standard InChI is InChI=1S/C11H13N3S3/c1-3-15-10-13-14-11(17-10)16-8(2)9-5-4-6-12-7-9/h4-8H,3H2,1-2H3. The van der Waals surface area contributed by atoms with E-state index in [2.05, 4.69) is 35.1 Å². The van der Waals surface area contributed by atoms with Crippen LogP contribution in [-0.4, -0.2) is 20.9 Å². The molecule has 90 valence electrons. The number of aromatic nitrogens is 3.